The van der Waals surface area contributed by atoms with Crippen LogP contribution in [0.2, 0.25) is 0 Å². The third kappa shape index (κ3) is 3.99. The molecule has 0 fully saturated rings. The van der Waals surface area contributed by atoms with Crippen molar-refractivity contribution in [3.05, 3.63) is 182 Å². The molecule has 53 heavy (non-hydrogen) atoms. The number of aromatic nitrogens is 2. The van der Waals surface area contributed by atoms with Gasteiger partial charge in [-0.3, -0.25) is 0 Å². The summed E-state index contributed by atoms with van der Waals surface area (Å²) in [7, 11) is 0. The maximum absolute atomic E-state index is 6.72. The first-order chi connectivity index (χ1) is 26.3. The van der Waals surface area contributed by atoms with Crippen LogP contribution in [0.3, 0.4) is 0 Å². The number of ether oxygens (including phenoxy) is 1. The van der Waals surface area contributed by atoms with Crippen LogP contribution in [0.5, 0.6) is 11.5 Å². The van der Waals surface area contributed by atoms with Crippen molar-refractivity contribution in [2.24, 2.45) is 0 Å². The molecule has 0 bridgehead atoms. The van der Waals surface area contributed by atoms with Gasteiger partial charge < -0.3 is 13.9 Å². The summed E-state index contributed by atoms with van der Waals surface area (Å²) in [6, 6.07) is 66.0. The summed E-state index contributed by atoms with van der Waals surface area (Å²) < 4.78 is 11.6. The van der Waals surface area contributed by atoms with Crippen molar-refractivity contribution in [2.45, 2.75) is 0 Å². The standard InChI is InChI=1S/C50H30N2O/c1-2-14-34(15-3-1)51-43-21-8-6-17-36(43)37-26-24-33(29-45(37)51)32-25-27-44-41(28-32)49-40-20-11-19-39-38-18-7-9-23-47(38)53-48(50(39)40)30-46(49)52(44)42-22-10-13-31-12-4-5-16-35(31)42/h1-30H. The van der Waals surface area contributed by atoms with Crippen molar-refractivity contribution in [1.82, 2.24) is 9.13 Å². The second kappa shape index (κ2) is 10.7. The van der Waals surface area contributed by atoms with E-state index >= 15 is 0 Å². The van der Waals surface area contributed by atoms with Crippen LogP contribution >= 0.6 is 0 Å². The molecule has 1 aliphatic heterocycles. The molecule has 11 aromatic rings. The zero-order valence-corrected chi connectivity index (χ0v) is 28.6. The van der Waals surface area contributed by atoms with Gasteiger partial charge in [0.25, 0.3) is 0 Å². The van der Waals surface area contributed by atoms with Crippen LogP contribution < -0.4 is 4.74 Å². The highest BCUT2D eigenvalue weighted by atomic mass is 16.5. The highest BCUT2D eigenvalue weighted by Crippen LogP contribution is 2.51. The zero-order chi connectivity index (χ0) is 34.6. The summed E-state index contributed by atoms with van der Waals surface area (Å²) in [6.45, 7) is 0. The molecule has 0 N–H and O–H groups in total. The van der Waals surface area contributed by atoms with Crippen molar-refractivity contribution < 1.29 is 4.74 Å². The third-order valence-corrected chi connectivity index (χ3v) is 11.3. The second-order valence-electron chi connectivity index (χ2n) is 14.1. The van der Waals surface area contributed by atoms with Gasteiger partial charge in [0.1, 0.15) is 11.5 Å². The zero-order valence-electron chi connectivity index (χ0n) is 28.6. The minimum absolute atomic E-state index is 0.894. The lowest BCUT2D eigenvalue weighted by atomic mass is 9.92. The normalized spacial score (nSPS) is 12.3. The Bertz CT molecular complexity index is 3310. The molecule has 12 rings (SSSR count). The number of para-hydroxylation sites is 3. The third-order valence-electron chi connectivity index (χ3n) is 11.3. The van der Waals surface area contributed by atoms with Gasteiger partial charge in [-0.05, 0) is 76.0 Å². The van der Waals surface area contributed by atoms with E-state index in [1.54, 1.807) is 0 Å². The van der Waals surface area contributed by atoms with Crippen LogP contribution in [0.15, 0.2) is 182 Å². The van der Waals surface area contributed by atoms with E-state index in [-0.39, 0.29) is 0 Å². The molecule has 0 atom stereocenters. The summed E-state index contributed by atoms with van der Waals surface area (Å²) in [5.41, 5.74) is 11.7. The molecule has 0 amide bonds. The van der Waals surface area contributed by atoms with Gasteiger partial charge in [-0.25, -0.2) is 0 Å². The van der Waals surface area contributed by atoms with E-state index in [0.717, 1.165) is 39.3 Å². The molecule has 0 spiro atoms. The molecule has 2 aromatic heterocycles. The lowest BCUT2D eigenvalue weighted by molar-refractivity contribution is 0.487. The van der Waals surface area contributed by atoms with Crippen LogP contribution in [-0.2, 0) is 0 Å². The molecule has 3 heteroatoms. The van der Waals surface area contributed by atoms with Crippen LogP contribution in [0.25, 0.3) is 98.8 Å². The molecule has 0 saturated carbocycles. The molecule has 246 valence electrons. The minimum atomic E-state index is 0.894. The number of benzene rings is 9. The van der Waals surface area contributed by atoms with Gasteiger partial charge in [-0.1, -0.05) is 127 Å². The number of hydrogen-bond acceptors (Lipinski definition) is 1. The molecule has 9 aromatic carbocycles. The molecule has 0 radical (unpaired) electrons. The van der Waals surface area contributed by atoms with E-state index in [9.17, 15) is 0 Å². The van der Waals surface area contributed by atoms with Crippen LogP contribution in [0.4, 0.5) is 0 Å². The molecule has 0 saturated heterocycles. The van der Waals surface area contributed by atoms with Crippen molar-refractivity contribution >= 4 is 65.2 Å². The summed E-state index contributed by atoms with van der Waals surface area (Å²) in [5.74, 6) is 1.79. The highest BCUT2D eigenvalue weighted by molar-refractivity contribution is 6.26. The Morgan fingerprint density at radius 3 is 1.96 bits per heavy atom. The first-order valence-corrected chi connectivity index (χ1v) is 18.2. The molecule has 3 heterocycles. The summed E-state index contributed by atoms with van der Waals surface area (Å²) in [4.78, 5) is 0. The number of nitrogens with zero attached hydrogens (tertiary/aromatic N) is 2. The fourth-order valence-corrected chi connectivity index (χ4v) is 9.00. The molecular formula is C50H30N2O. The molecular weight excluding hydrogens is 645 g/mol. The van der Waals surface area contributed by atoms with Gasteiger partial charge in [-0.2, -0.15) is 0 Å². The van der Waals surface area contributed by atoms with E-state index in [1.165, 1.54) is 70.9 Å². The highest BCUT2D eigenvalue weighted by Gasteiger charge is 2.25. The summed E-state index contributed by atoms with van der Waals surface area (Å²) in [5, 5.41) is 9.76. The van der Waals surface area contributed by atoms with E-state index < -0.39 is 0 Å². The van der Waals surface area contributed by atoms with Crippen LogP contribution in [0.1, 0.15) is 0 Å². The average Bonchev–Trinajstić information content (AvgIpc) is 3.73. The Balaban J connectivity index is 1.18. The van der Waals surface area contributed by atoms with Gasteiger partial charge >= 0.3 is 0 Å². The van der Waals surface area contributed by atoms with Gasteiger partial charge in [0.15, 0.2) is 0 Å². The maximum Gasteiger partial charge on any atom is 0.138 e. The quantitative estimate of drug-likeness (QED) is 0.183. The predicted octanol–water partition coefficient (Wildman–Crippen LogP) is 13.6. The fourth-order valence-electron chi connectivity index (χ4n) is 9.00. The summed E-state index contributed by atoms with van der Waals surface area (Å²) in [6.07, 6.45) is 0. The van der Waals surface area contributed by atoms with Crippen molar-refractivity contribution in [3.8, 4) is 45.1 Å². The maximum atomic E-state index is 6.72. The smallest absolute Gasteiger partial charge is 0.138 e. The molecule has 1 aliphatic rings. The van der Waals surface area contributed by atoms with Gasteiger partial charge in [0.2, 0.25) is 0 Å². The largest absolute Gasteiger partial charge is 0.456 e. The van der Waals surface area contributed by atoms with E-state index in [2.05, 4.69) is 185 Å². The average molecular weight is 675 g/mol. The first-order valence-electron chi connectivity index (χ1n) is 18.2. The number of fused-ring (bicyclic) bond motifs is 10. The Morgan fingerprint density at radius 2 is 1.02 bits per heavy atom. The van der Waals surface area contributed by atoms with Crippen LogP contribution in [-0.4, -0.2) is 9.13 Å². The Hall–Kier alpha value is -7.10. The van der Waals surface area contributed by atoms with Crippen molar-refractivity contribution in [1.29, 1.82) is 0 Å². The van der Waals surface area contributed by atoms with Gasteiger partial charge in [0.05, 0.1) is 27.8 Å². The molecule has 0 unspecified atom stereocenters. The minimum Gasteiger partial charge on any atom is -0.456 e. The predicted molar refractivity (Wildman–Crippen MR) is 221 cm³/mol. The Kier molecular flexibility index (Phi) is 5.77. The lowest BCUT2D eigenvalue weighted by Gasteiger charge is -2.22. The molecule has 0 aliphatic carbocycles. The topological polar surface area (TPSA) is 19.1 Å². The summed E-state index contributed by atoms with van der Waals surface area (Å²) >= 11 is 0. The Morgan fingerprint density at radius 1 is 0.340 bits per heavy atom. The lowest BCUT2D eigenvalue weighted by Crippen LogP contribution is -1.99. The van der Waals surface area contributed by atoms with E-state index in [0.29, 0.717) is 0 Å². The fraction of sp³-hybridized carbons (Fsp3) is 0. The monoisotopic (exact) mass is 674 g/mol. The van der Waals surface area contributed by atoms with E-state index in [1.807, 2.05) is 6.07 Å². The second-order valence-corrected chi connectivity index (χ2v) is 14.1. The van der Waals surface area contributed by atoms with Crippen molar-refractivity contribution in [2.75, 3.05) is 0 Å². The SMILES string of the molecule is c1ccc(-n2c3ccccc3c3ccc(-c4ccc5c(c4)c4c6cccc7c6c(cc4n5-c4cccc5ccccc45)Oc4ccccc4-7)cc32)cc1. The molecule has 3 nitrogen and oxygen atoms in total. The number of rotatable bonds is 3. The van der Waals surface area contributed by atoms with Crippen LogP contribution in [0, 0.1) is 0 Å². The Labute approximate surface area is 305 Å². The van der Waals surface area contributed by atoms with Gasteiger partial charge in [0, 0.05) is 49.6 Å². The van der Waals surface area contributed by atoms with Gasteiger partial charge in [-0.15, -0.1) is 0 Å². The first kappa shape index (κ1) is 28.6. The van der Waals surface area contributed by atoms with E-state index in [4.69, 9.17) is 4.74 Å². The number of hydrogen-bond donors (Lipinski definition) is 0. The van der Waals surface area contributed by atoms with Crippen molar-refractivity contribution in [3.63, 3.8) is 0 Å².